The molecule has 1 aromatic carbocycles. The van der Waals surface area contributed by atoms with Gasteiger partial charge in [-0.25, -0.2) is 0 Å². The second kappa shape index (κ2) is 7.87. The lowest BCUT2D eigenvalue weighted by molar-refractivity contribution is 0.0293. The number of ether oxygens (including phenoxy) is 1. The lowest BCUT2D eigenvalue weighted by Gasteiger charge is -2.27. The van der Waals surface area contributed by atoms with Crippen molar-refractivity contribution in [1.82, 2.24) is 5.32 Å². The molecule has 3 rings (SSSR count). The highest BCUT2D eigenvalue weighted by Gasteiger charge is 2.20. The van der Waals surface area contributed by atoms with Crippen LogP contribution in [0.1, 0.15) is 50.1 Å². The molecule has 1 aromatic rings. The Morgan fingerprint density at radius 1 is 1.19 bits per heavy atom. The second-order valence-electron chi connectivity index (χ2n) is 5.96. The maximum atomic E-state index is 6.14. The van der Waals surface area contributed by atoms with Gasteiger partial charge in [0.2, 0.25) is 0 Å². The summed E-state index contributed by atoms with van der Waals surface area (Å²) >= 11 is 8.08. The summed E-state index contributed by atoms with van der Waals surface area (Å²) < 4.78 is 5.99. The van der Waals surface area contributed by atoms with E-state index in [2.05, 4.69) is 17.4 Å². The summed E-state index contributed by atoms with van der Waals surface area (Å²) in [4.78, 5) is 1.37. The van der Waals surface area contributed by atoms with Crippen LogP contribution in [-0.2, 0) is 4.74 Å². The normalized spacial score (nSPS) is 23.0. The van der Waals surface area contributed by atoms with Crippen LogP contribution in [0.25, 0.3) is 0 Å². The van der Waals surface area contributed by atoms with E-state index in [4.69, 9.17) is 16.3 Å². The van der Waals surface area contributed by atoms with Crippen LogP contribution in [-0.4, -0.2) is 25.0 Å². The van der Waals surface area contributed by atoms with E-state index in [1.54, 1.807) is 0 Å². The third-order valence-electron chi connectivity index (χ3n) is 4.41. The molecule has 0 amide bonds. The van der Waals surface area contributed by atoms with Crippen LogP contribution in [0, 0.1) is 0 Å². The zero-order valence-corrected chi connectivity index (χ0v) is 14.0. The quantitative estimate of drug-likeness (QED) is 0.784. The Morgan fingerprint density at radius 2 is 2.05 bits per heavy atom. The van der Waals surface area contributed by atoms with E-state index in [1.165, 1.54) is 54.7 Å². The van der Waals surface area contributed by atoms with E-state index in [0.717, 1.165) is 18.2 Å². The van der Waals surface area contributed by atoms with Gasteiger partial charge in [0.25, 0.3) is 0 Å². The molecule has 116 valence electrons. The lowest BCUT2D eigenvalue weighted by atomic mass is 9.98. The van der Waals surface area contributed by atoms with Crippen LogP contribution in [0.5, 0.6) is 0 Å². The zero-order valence-electron chi connectivity index (χ0n) is 12.4. The molecule has 1 atom stereocenters. The molecule has 1 N–H and O–H groups in total. The zero-order chi connectivity index (χ0) is 14.5. The second-order valence-corrected chi connectivity index (χ2v) is 7.53. The van der Waals surface area contributed by atoms with Gasteiger partial charge in [-0.2, -0.15) is 0 Å². The molecule has 1 aliphatic carbocycles. The smallest absolute Gasteiger partial charge is 0.0594 e. The average Bonchev–Trinajstić information content (AvgIpc) is 2.53. The number of rotatable bonds is 5. The number of thioether (sulfide) groups is 1. The third kappa shape index (κ3) is 4.38. The summed E-state index contributed by atoms with van der Waals surface area (Å²) in [7, 11) is 0. The molecule has 1 saturated carbocycles. The fourth-order valence-corrected chi connectivity index (χ4v) is 4.55. The number of fused-ring (bicyclic) bond motifs is 1. The fraction of sp³-hybridized carbons (Fsp3) is 0.647. The minimum Gasteiger partial charge on any atom is -0.377 e. The van der Waals surface area contributed by atoms with Gasteiger partial charge in [0.1, 0.15) is 0 Å². The summed E-state index contributed by atoms with van der Waals surface area (Å²) in [5.41, 5.74) is 1.36. The Labute approximate surface area is 137 Å². The molecule has 21 heavy (non-hydrogen) atoms. The van der Waals surface area contributed by atoms with Crippen molar-refractivity contribution in [1.29, 1.82) is 0 Å². The topological polar surface area (TPSA) is 21.3 Å². The Bertz CT molecular complexity index is 462. The first-order chi connectivity index (χ1) is 10.3. The number of halogens is 1. The van der Waals surface area contributed by atoms with Gasteiger partial charge in [0.05, 0.1) is 12.7 Å². The lowest BCUT2D eigenvalue weighted by Crippen LogP contribution is -2.29. The average molecular weight is 326 g/mol. The predicted octanol–water partition coefficient (Wildman–Crippen LogP) is 4.82. The van der Waals surface area contributed by atoms with E-state index in [0.29, 0.717) is 12.1 Å². The SMILES string of the molecule is Clc1ccc2c(c1)C(NCCOC1CCCCC1)CCS2. The first kappa shape index (κ1) is 15.7. The molecular formula is C17H24ClNOS. The molecule has 2 aliphatic rings. The number of benzene rings is 1. The van der Waals surface area contributed by atoms with Crippen molar-refractivity contribution in [2.24, 2.45) is 0 Å². The van der Waals surface area contributed by atoms with Crippen molar-refractivity contribution in [3.63, 3.8) is 0 Å². The van der Waals surface area contributed by atoms with E-state index < -0.39 is 0 Å². The van der Waals surface area contributed by atoms with Crippen LogP contribution in [0.2, 0.25) is 5.02 Å². The van der Waals surface area contributed by atoms with Crippen molar-refractivity contribution in [3.05, 3.63) is 28.8 Å². The summed E-state index contributed by atoms with van der Waals surface area (Å²) in [5, 5.41) is 4.48. The molecular weight excluding hydrogens is 302 g/mol. The molecule has 1 fully saturated rings. The van der Waals surface area contributed by atoms with E-state index in [1.807, 2.05) is 17.8 Å². The van der Waals surface area contributed by atoms with Crippen molar-refractivity contribution < 1.29 is 4.74 Å². The molecule has 4 heteroatoms. The highest BCUT2D eigenvalue weighted by Crippen LogP contribution is 2.37. The van der Waals surface area contributed by atoms with Crippen molar-refractivity contribution in [3.8, 4) is 0 Å². The molecule has 1 heterocycles. The van der Waals surface area contributed by atoms with Gasteiger partial charge >= 0.3 is 0 Å². The molecule has 0 spiro atoms. The van der Waals surface area contributed by atoms with E-state index in [9.17, 15) is 0 Å². The summed E-state index contributed by atoms with van der Waals surface area (Å²) in [5.74, 6) is 1.18. The number of hydrogen-bond donors (Lipinski definition) is 1. The molecule has 1 aliphatic heterocycles. The first-order valence-electron chi connectivity index (χ1n) is 8.10. The predicted molar refractivity (Wildman–Crippen MR) is 90.4 cm³/mol. The monoisotopic (exact) mass is 325 g/mol. The van der Waals surface area contributed by atoms with Gasteiger partial charge in [0.15, 0.2) is 0 Å². The first-order valence-corrected chi connectivity index (χ1v) is 9.46. The molecule has 0 saturated heterocycles. The van der Waals surface area contributed by atoms with Gasteiger partial charge < -0.3 is 10.1 Å². The summed E-state index contributed by atoms with van der Waals surface area (Å²) in [6.07, 6.45) is 8.23. The van der Waals surface area contributed by atoms with Crippen molar-refractivity contribution in [2.45, 2.75) is 55.6 Å². The Balaban J connectivity index is 1.46. The molecule has 0 bridgehead atoms. The van der Waals surface area contributed by atoms with Gasteiger partial charge in [-0.15, -0.1) is 11.8 Å². The third-order valence-corrected chi connectivity index (χ3v) is 5.77. The van der Waals surface area contributed by atoms with Crippen LogP contribution in [0.4, 0.5) is 0 Å². The van der Waals surface area contributed by atoms with Gasteiger partial charge in [-0.1, -0.05) is 30.9 Å². The highest BCUT2D eigenvalue weighted by molar-refractivity contribution is 7.99. The largest absolute Gasteiger partial charge is 0.377 e. The Morgan fingerprint density at radius 3 is 2.90 bits per heavy atom. The van der Waals surface area contributed by atoms with Crippen LogP contribution in [0.3, 0.4) is 0 Å². The maximum absolute atomic E-state index is 6.14. The minimum absolute atomic E-state index is 0.426. The van der Waals surface area contributed by atoms with E-state index in [-0.39, 0.29) is 0 Å². The maximum Gasteiger partial charge on any atom is 0.0594 e. The number of nitrogens with one attached hydrogen (secondary N) is 1. The van der Waals surface area contributed by atoms with Gasteiger partial charge in [-0.05, 0) is 48.8 Å². The standard InChI is InChI=1S/C17H24ClNOS/c18-13-6-7-17-15(12-13)16(8-11-21-17)19-9-10-20-14-4-2-1-3-5-14/h6-7,12,14,16,19H,1-5,8-11H2. The highest BCUT2D eigenvalue weighted by atomic mass is 35.5. The van der Waals surface area contributed by atoms with E-state index >= 15 is 0 Å². The number of hydrogen-bond acceptors (Lipinski definition) is 3. The van der Waals surface area contributed by atoms with Crippen molar-refractivity contribution >= 4 is 23.4 Å². The van der Waals surface area contributed by atoms with Crippen LogP contribution < -0.4 is 5.32 Å². The summed E-state index contributed by atoms with van der Waals surface area (Å²) in [6.45, 7) is 1.75. The minimum atomic E-state index is 0.426. The molecule has 1 unspecified atom stereocenters. The Kier molecular flexibility index (Phi) is 5.87. The fourth-order valence-electron chi connectivity index (χ4n) is 3.27. The van der Waals surface area contributed by atoms with Gasteiger partial charge in [0, 0.05) is 22.5 Å². The molecule has 0 aromatic heterocycles. The Hall–Kier alpha value is -0.220. The van der Waals surface area contributed by atoms with Crippen LogP contribution >= 0.6 is 23.4 Å². The molecule has 2 nitrogen and oxygen atoms in total. The van der Waals surface area contributed by atoms with Crippen LogP contribution in [0.15, 0.2) is 23.1 Å². The van der Waals surface area contributed by atoms with Crippen molar-refractivity contribution in [2.75, 3.05) is 18.9 Å². The summed E-state index contributed by atoms with van der Waals surface area (Å²) in [6, 6.07) is 6.68. The molecule has 0 radical (unpaired) electrons. The van der Waals surface area contributed by atoms with Gasteiger partial charge in [-0.3, -0.25) is 0 Å².